The largest absolute Gasteiger partial charge is 0.0958 e. The number of allylic oxidation sites excluding steroid dienone is 4. The zero-order chi connectivity index (χ0) is 13.2. The second-order valence-corrected chi connectivity index (χ2v) is 10.1. The summed E-state index contributed by atoms with van der Waals surface area (Å²) in [4.78, 5) is 0. The molecular weight excluding hydrogens is 232 g/mol. The van der Waals surface area contributed by atoms with E-state index in [9.17, 15) is 0 Å². The predicted molar refractivity (Wildman–Crippen MR) is 83.5 cm³/mol. The van der Waals surface area contributed by atoms with Crippen LogP contribution in [0, 0.1) is 11.5 Å². The highest BCUT2D eigenvalue weighted by Crippen LogP contribution is 2.31. The van der Waals surface area contributed by atoms with Crippen LogP contribution in [0.25, 0.3) is 0 Å². The minimum absolute atomic E-state index is 0.680. The van der Waals surface area contributed by atoms with Crippen LogP contribution in [0.4, 0.5) is 0 Å². The monoisotopic (exact) mass is 255 g/mol. The highest BCUT2D eigenvalue weighted by atomic mass is 28.3. The van der Waals surface area contributed by atoms with Gasteiger partial charge >= 0.3 is 0 Å². The molecule has 0 amide bonds. The van der Waals surface area contributed by atoms with Gasteiger partial charge in [0, 0.05) is 5.54 Å². The molecule has 0 N–H and O–H groups in total. The highest BCUT2D eigenvalue weighted by Gasteiger charge is 2.33. The van der Waals surface area contributed by atoms with E-state index in [4.69, 9.17) is 0 Å². The van der Waals surface area contributed by atoms with Gasteiger partial charge in [0.15, 0.2) is 0 Å². The van der Waals surface area contributed by atoms with E-state index in [-0.39, 0.29) is 0 Å². The topological polar surface area (TPSA) is 0 Å². The molecule has 0 aliphatic heterocycles. The molecule has 1 aromatic rings. The van der Waals surface area contributed by atoms with Gasteiger partial charge in [0.2, 0.25) is 0 Å². The van der Waals surface area contributed by atoms with Crippen molar-refractivity contribution in [1.82, 2.24) is 0 Å². The van der Waals surface area contributed by atoms with E-state index in [1.165, 1.54) is 17.2 Å². The maximum absolute atomic E-state index is 2.44. The van der Waals surface area contributed by atoms with E-state index in [0.717, 1.165) is 0 Å². The first-order valence-electron chi connectivity index (χ1n) is 6.88. The molecule has 1 aliphatic rings. The summed E-state index contributed by atoms with van der Waals surface area (Å²) in [6, 6.07) is 11.0. The molecule has 95 valence electrons. The van der Waals surface area contributed by atoms with Crippen LogP contribution in [0.3, 0.4) is 0 Å². The van der Waals surface area contributed by atoms with E-state index in [2.05, 4.69) is 75.5 Å². The molecular formula is C17H23Si. The summed E-state index contributed by atoms with van der Waals surface area (Å²) in [6.07, 6.45) is 8.33. The first-order chi connectivity index (χ1) is 8.55. The molecule has 1 radical (unpaired) electrons. The fraction of sp³-hybridized carbons (Fsp3) is 0.353. The maximum atomic E-state index is 2.44. The van der Waals surface area contributed by atoms with Crippen molar-refractivity contribution in [2.24, 2.45) is 5.92 Å². The van der Waals surface area contributed by atoms with Crippen molar-refractivity contribution in [3.05, 3.63) is 59.7 Å². The van der Waals surface area contributed by atoms with Crippen LogP contribution >= 0.6 is 0 Å². The van der Waals surface area contributed by atoms with Crippen molar-refractivity contribution in [3.8, 4) is 0 Å². The van der Waals surface area contributed by atoms with E-state index < -0.39 is 8.07 Å². The molecule has 18 heavy (non-hydrogen) atoms. The third-order valence-electron chi connectivity index (χ3n) is 4.18. The molecule has 0 spiro atoms. The molecule has 0 aromatic heterocycles. The van der Waals surface area contributed by atoms with E-state index >= 15 is 0 Å². The smallest absolute Gasteiger partial charge is 0.0757 e. The van der Waals surface area contributed by atoms with Crippen molar-refractivity contribution < 1.29 is 0 Å². The molecule has 1 atom stereocenters. The zero-order valence-corrected chi connectivity index (χ0v) is 12.9. The summed E-state index contributed by atoms with van der Waals surface area (Å²) >= 11 is 0. The standard InChI is InChI=1S/C17H23Si/c1-5-14(2)15-11-12-17(13-15)18(3,4)16-9-7-6-8-10-16/h6-14H,5H2,1-4H3. The Bertz CT molecular complexity index is 454. The minimum Gasteiger partial charge on any atom is -0.0757 e. The Hall–Kier alpha value is -1.08. The Morgan fingerprint density at radius 1 is 1.06 bits per heavy atom. The van der Waals surface area contributed by atoms with Gasteiger partial charge in [0.05, 0.1) is 8.07 Å². The van der Waals surface area contributed by atoms with Gasteiger partial charge in [-0.2, -0.15) is 0 Å². The van der Waals surface area contributed by atoms with Gasteiger partial charge in [-0.25, -0.2) is 0 Å². The molecule has 2 rings (SSSR count). The van der Waals surface area contributed by atoms with Crippen molar-refractivity contribution in [2.75, 3.05) is 0 Å². The molecule has 1 heteroatoms. The molecule has 0 heterocycles. The van der Waals surface area contributed by atoms with Gasteiger partial charge in [-0.15, -0.1) is 0 Å². The number of benzene rings is 1. The van der Waals surface area contributed by atoms with Crippen LogP contribution in [0.2, 0.25) is 13.1 Å². The van der Waals surface area contributed by atoms with Crippen LogP contribution in [0.15, 0.2) is 54.1 Å². The molecule has 1 unspecified atom stereocenters. The second kappa shape index (κ2) is 5.27. The van der Waals surface area contributed by atoms with E-state index in [1.807, 2.05) is 0 Å². The number of hydrogen-bond acceptors (Lipinski definition) is 0. The lowest BCUT2D eigenvalue weighted by Crippen LogP contribution is -2.46. The molecule has 1 aliphatic carbocycles. The number of hydrogen-bond donors (Lipinski definition) is 0. The average molecular weight is 255 g/mol. The fourth-order valence-electron chi connectivity index (χ4n) is 2.41. The van der Waals surface area contributed by atoms with Crippen molar-refractivity contribution in [1.29, 1.82) is 0 Å². The molecule has 1 aromatic carbocycles. The lowest BCUT2D eigenvalue weighted by molar-refractivity contribution is 0.672. The third-order valence-corrected chi connectivity index (χ3v) is 7.71. The summed E-state index contributed by atoms with van der Waals surface area (Å²) < 4.78 is 0. The van der Waals surface area contributed by atoms with Crippen LogP contribution in [-0.4, -0.2) is 8.07 Å². The van der Waals surface area contributed by atoms with Gasteiger partial charge in [-0.3, -0.25) is 0 Å². The van der Waals surface area contributed by atoms with Gasteiger partial charge in [0.25, 0.3) is 0 Å². The van der Waals surface area contributed by atoms with Gasteiger partial charge in [0.1, 0.15) is 0 Å². The number of rotatable bonds is 4. The maximum Gasteiger partial charge on any atom is 0.0958 e. The zero-order valence-electron chi connectivity index (χ0n) is 11.9. The first kappa shape index (κ1) is 13.4. The van der Waals surface area contributed by atoms with Crippen LogP contribution in [0.5, 0.6) is 0 Å². The summed E-state index contributed by atoms with van der Waals surface area (Å²) in [7, 11) is -1.49. The Labute approximate surface area is 112 Å². The van der Waals surface area contributed by atoms with Crippen LogP contribution < -0.4 is 5.19 Å². The molecule has 0 saturated carbocycles. The summed E-state index contributed by atoms with van der Waals surface area (Å²) in [5.41, 5.74) is 3.06. The van der Waals surface area contributed by atoms with Gasteiger partial charge < -0.3 is 0 Å². The summed E-state index contributed by atoms with van der Waals surface area (Å²) in [6.45, 7) is 9.46. The molecule has 0 saturated heterocycles. The van der Waals surface area contributed by atoms with Gasteiger partial charge in [-0.05, 0) is 17.9 Å². The quantitative estimate of drug-likeness (QED) is 0.705. The Balaban J connectivity index is 2.24. The first-order valence-corrected chi connectivity index (χ1v) is 9.88. The van der Waals surface area contributed by atoms with Gasteiger partial charge in [-0.1, -0.05) is 80.7 Å². The van der Waals surface area contributed by atoms with Crippen LogP contribution in [0.1, 0.15) is 20.3 Å². The third kappa shape index (κ3) is 2.51. The lowest BCUT2D eigenvalue weighted by atomic mass is 10.0. The Morgan fingerprint density at radius 3 is 2.33 bits per heavy atom. The average Bonchev–Trinajstić information content (AvgIpc) is 2.89. The highest BCUT2D eigenvalue weighted by molar-refractivity contribution is 6.95. The normalized spacial score (nSPS) is 17.9. The molecule has 0 bridgehead atoms. The van der Waals surface area contributed by atoms with E-state index in [1.54, 1.807) is 5.54 Å². The van der Waals surface area contributed by atoms with E-state index in [0.29, 0.717) is 5.92 Å². The predicted octanol–water partition coefficient (Wildman–Crippen LogP) is 4.26. The summed E-state index contributed by atoms with van der Waals surface area (Å²) in [5.74, 6) is 0.680. The molecule has 0 fully saturated rings. The second-order valence-electron chi connectivity index (χ2n) is 5.73. The fourth-order valence-corrected chi connectivity index (χ4v) is 4.80. The van der Waals surface area contributed by atoms with Crippen LogP contribution in [-0.2, 0) is 0 Å². The van der Waals surface area contributed by atoms with Crippen molar-refractivity contribution in [2.45, 2.75) is 33.4 Å². The Kier molecular flexibility index (Phi) is 3.91. The Morgan fingerprint density at radius 2 is 1.72 bits per heavy atom. The molecule has 0 nitrogen and oxygen atoms in total. The van der Waals surface area contributed by atoms with Crippen molar-refractivity contribution in [3.63, 3.8) is 0 Å². The van der Waals surface area contributed by atoms with Crippen molar-refractivity contribution >= 4 is 13.3 Å². The minimum atomic E-state index is -1.49. The summed E-state index contributed by atoms with van der Waals surface area (Å²) in [5, 5.41) is 1.52. The SMILES string of the molecule is CCC(C)C1=C[C]([Si](C)(C)c2ccccc2)C=C1. The lowest BCUT2D eigenvalue weighted by Gasteiger charge is -2.27.